The SMILES string of the molecule is COCC(O)[C@@H](CO)OCc1c[nH]c2c(=O)[nH]c(N)nc12. The smallest absolute Gasteiger partial charge is 0.276 e. The normalized spacial score (nSPS) is 14.4. The molecule has 6 N–H and O–H groups in total. The number of hydrogen-bond donors (Lipinski definition) is 5. The summed E-state index contributed by atoms with van der Waals surface area (Å²) >= 11 is 0. The number of aromatic nitrogens is 3. The molecule has 2 aromatic rings. The molecule has 1 unspecified atom stereocenters. The number of rotatable bonds is 7. The third kappa shape index (κ3) is 3.39. The van der Waals surface area contributed by atoms with E-state index in [0.29, 0.717) is 16.6 Å². The molecule has 0 aliphatic carbocycles. The molecule has 0 radical (unpaired) electrons. The molecule has 0 amide bonds. The van der Waals surface area contributed by atoms with Crippen LogP contribution in [-0.2, 0) is 16.1 Å². The lowest BCUT2D eigenvalue weighted by Gasteiger charge is -2.20. The average molecular weight is 298 g/mol. The van der Waals surface area contributed by atoms with Crippen LogP contribution in [0.3, 0.4) is 0 Å². The van der Waals surface area contributed by atoms with Crippen molar-refractivity contribution in [1.82, 2.24) is 15.0 Å². The maximum Gasteiger partial charge on any atom is 0.276 e. The van der Waals surface area contributed by atoms with Gasteiger partial charge in [0.05, 0.1) is 19.8 Å². The lowest BCUT2D eigenvalue weighted by Crippen LogP contribution is -2.35. The van der Waals surface area contributed by atoms with Crippen molar-refractivity contribution in [2.75, 3.05) is 26.1 Å². The van der Waals surface area contributed by atoms with Gasteiger partial charge in [-0.25, -0.2) is 4.98 Å². The monoisotopic (exact) mass is 298 g/mol. The summed E-state index contributed by atoms with van der Waals surface area (Å²) in [6.07, 6.45) is -0.176. The van der Waals surface area contributed by atoms with E-state index in [1.54, 1.807) is 6.20 Å². The molecule has 2 rings (SSSR count). The Kier molecular flexibility index (Phi) is 4.91. The zero-order valence-electron chi connectivity index (χ0n) is 11.5. The Morgan fingerprint density at radius 3 is 2.95 bits per heavy atom. The molecular weight excluding hydrogens is 280 g/mol. The Morgan fingerprint density at radius 2 is 2.29 bits per heavy atom. The molecule has 2 atom stereocenters. The Bertz CT molecular complexity index is 653. The minimum atomic E-state index is -0.952. The van der Waals surface area contributed by atoms with E-state index in [9.17, 15) is 15.0 Å². The maximum absolute atomic E-state index is 11.7. The van der Waals surface area contributed by atoms with Crippen LogP contribution < -0.4 is 11.3 Å². The lowest BCUT2D eigenvalue weighted by molar-refractivity contribution is -0.0910. The van der Waals surface area contributed by atoms with Gasteiger partial charge in [0.15, 0.2) is 0 Å². The summed E-state index contributed by atoms with van der Waals surface area (Å²) < 4.78 is 10.2. The van der Waals surface area contributed by atoms with Crippen LogP contribution in [0.4, 0.5) is 5.95 Å². The third-order valence-corrected chi connectivity index (χ3v) is 3.03. The van der Waals surface area contributed by atoms with Gasteiger partial charge in [-0.2, -0.15) is 0 Å². The Morgan fingerprint density at radius 1 is 1.52 bits per heavy atom. The first-order valence-electron chi connectivity index (χ1n) is 6.32. The second kappa shape index (κ2) is 6.68. The summed E-state index contributed by atoms with van der Waals surface area (Å²) in [5.74, 6) is 0.00600. The van der Waals surface area contributed by atoms with Crippen LogP contribution in [0, 0.1) is 0 Å². The Balaban J connectivity index is 2.15. The van der Waals surface area contributed by atoms with E-state index >= 15 is 0 Å². The molecule has 0 bridgehead atoms. The van der Waals surface area contributed by atoms with Crippen molar-refractivity contribution in [1.29, 1.82) is 0 Å². The number of methoxy groups -OCH3 is 1. The van der Waals surface area contributed by atoms with Gasteiger partial charge in [0.2, 0.25) is 5.95 Å². The number of ether oxygens (including phenoxy) is 2. The van der Waals surface area contributed by atoms with E-state index in [4.69, 9.17) is 15.2 Å². The highest BCUT2D eigenvalue weighted by molar-refractivity contribution is 5.78. The number of anilines is 1. The summed E-state index contributed by atoms with van der Waals surface area (Å²) in [4.78, 5) is 20.9. The lowest BCUT2D eigenvalue weighted by atomic mass is 10.2. The first-order valence-corrected chi connectivity index (χ1v) is 6.32. The van der Waals surface area contributed by atoms with Crippen molar-refractivity contribution in [3.05, 3.63) is 22.1 Å². The van der Waals surface area contributed by atoms with Crippen molar-refractivity contribution in [3.63, 3.8) is 0 Å². The standard InChI is InChI=1S/C12H18N4O5/c1-20-5-7(18)8(3-17)21-4-6-2-14-10-9(6)15-12(13)16-11(10)19/h2,7-8,14,17-18H,3-5H2,1H3,(H3,13,15,16,19)/t7?,8-/m1/s1. The van der Waals surface area contributed by atoms with Crippen molar-refractivity contribution in [2.45, 2.75) is 18.8 Å². The number of nitrogens with two attached hydrogens (primary N) is 1. The van der Waals surface area contributed by atoms with Crippen LogP contribution in [0.25, 0.3) is 11.0 Å². The predicted octanol–water partition coefficient (Wildman–Crippen LogP) is -1.28. The molecule has 116 valence electrons. The fraction of sp³-hybridized carbons (Fsp3) is 0.500. The Labute approximate surface area is 119 Å². The van der Waals surface area contributed by atoms with Crippen LogP contribution in [0.5, 0.6) is 0 Å². The van der Waals surface area contributed by atoms with Crippen LogP contribution >= 0.6 is 0 Å². The summed E-state index contributed by atoms with van der Waals surface area (Å²) in [7, 11) is 1.44. The quantitative estimate of drug-likeness (QED) is 0.427. The molecule has 0 spiro atoms. The van der Waals surface area contributed by atoms with E-state index in [1.165, 1.54) is 7.11 Å². The highest BCUT2D eigenvalue weighted by atomic mass is 16.5. The van der Waals surface area contributed by atoms with Crippen LogP contribution in [-0.4, -0.2) is 57.7 Å². The van der Waals surface area contributed by atoms with Gasteiger partial charge >= 0.3 is 0 Å². The van der Waals surface area contributed by atoms with Crippen molar-refractivity contribution in [3.8, 4) is 0 Å². The number of aliphatic hydroxyl groups is 2. The van der Waals surface area contributed by atoms with Gasteiger partial charge in [-0.05, 0) is 0 Å². The van der Waals surface area contributed by atoms with E-state index in [1.807, 2.05) is 0 Å². The van der Waals surface area contributed by atoms with E-state index < -0.39 is 12.2 Å². The van der Waals surface area contributed by atoms with Gasteiger partial charge in [0, 0.05) is 18.9 Å². The molecular formula is C12H18N4O5. The van der Waals surface area contributed by atoms with E-state index in [2.05, 4.69) is 15.0 Å². The van der Waals surface area contributed by atoms with Gasteiger partial charge in [-0.1, -0.05) is 0 Å². The highest BCUT2D eigenvalue weighted by Crippen LogP contribution is 2.15. The largest absolute Gasteiger partial charge is 0.394 e. The zero-order chi connectivity index (χ0) is 15.4. The number of aliphatic hydroxyl groups excluding tert-OH is 2. The average Bonchev–Trinajstić information content (AvgIpc) is 2.83. The first-order chi connectivity index (χ1) is 10.1. The second-order valence-corrected chi connectivity index (χ2v) is 4.54. The van der Waals surface area contributed by atoms with Crippen molar-refractivity contribution >= 4 is 17.0 Å². The van der Waals surface area contributed by atoms with E-state index in [-0.39, 0.29) is 31.3 Å². The molecule has 2 aromatic heterocycles. The topological polar surface area (TPSA) is 146 Å². The molecule has 0 aliphatic heterocycles. The molecule has 0 aliphatic rings. The second-order valence-electron chi connectivity index (χ2n) is 4.54. The Hall–Kier alpha value is -1.94. The van der Waals surface area contributed by atoms with Crippen molar-refractivity contribution in [2.24, 2.45) is 0 Å². The molecule has 0 saturated heterocycles. The number of nitrogen functional groups attached to an aromatic ring is 1. The van der Waals surface area contributed by atoms with Crippen LogP contribution in [0.2, 0.25) is 0 Å². The van der Waals surface area contributed by atoms with Crippen molar-refractivity contribution < 1.29 is 19.7 Å². The highest BCUT2D eigenvalue weighted by Gasteiger charge is 2.20. The molecule has 9 heteroatoms. The molecule has 2 heterocycles. The van der Waals surface area contributed by atoms with E-state index in [0.717, 1.165) is 0 Å². The number of nitrogens with zero attached hydrogens (tertiary/aromatic N) is 1. The molecule has 21 heavy (non-hydrogen) atoms. The summed E-state index contributed by atoms with van der Waals surface area (Å²) in [6, 6.07) is 0. The fourth-order valence-corrected chi connectivity index (χ4v) is 1.95. The zero-order valence-corrected chi connectivity index (χ0v) is 11.5. The summed E-state index contributed by atoms with van der Waals surface area (Å²) in [5, 5.41) is 18.9. The fourth-order valence-electron chi connectivity index (χ4n) is 1.95. The number of aromatic amines is 2. The first kappa shape index (κ1) is 15.4. The van der Waals surface area contributed by atoms with Gasteiger partial charge in [-0.3, -0.25) is 9.78 Å². The van der Waals surface area contributed by atoms with Gasteiger partial charge in [0.25, 0.3) is 5.56 Å². The number of H-pyrrole nitrogens is 2. The van der Waals surface area contributed by atoms with Gasteiger partial charge in [-0.15, -0.1) is 0 Å². The van der Waals surface area contributed by atoms with Gasteiger partial charge in [0.1, 0.15) is 23.2 Å². The van der Waals surface area contributed by atoms with Crippen LogP contribution in [0.15, 0.2) is 11.0 Å². The maximum atomic E-state index is 11.7. The molecule has 0 saturated carbocycles. The van der Waals surface area contributed by atoms with Crippen LogP contribution in [0.1, 0.15) is 5.56 Å². The minimum Gasteiger partial charge on any atom is -0.394 e. The molecule has 0 fully saturated rings. The number of hydrogen-bond acceptors (Lipinski definition) is 7. The molecule has 9 nitrogen and oxygen atoms in total. The summed E-state index contributed by atoms with van der Waals surface area (Å²) in [5.41, 5.74) is 6.42. The third-order valence-electron chi connectivity index (χ3n) is 3.03. The summed E-state index contributed by atoms with van der Waals surface area (Å²) in [6.45, 7) is -0.255. The number of nitrogens with one attached hydrogen (secondary N) is 2. The minimum absolute atomic E-state index is 0.00600. The number of fused-ring (bicyclic) bond motifs is 1. The molecule has 0 aromatic carbocycles. The van der Waals surface area contributed by atoms with Gasteiger partial charge < -0.3 is 30.4 Å². The predicted molar refractivity (Wildman–Crippen MR) is 74.7 cm³/mol.